The minimum absolute atomic E-state index is 0.0830. The van der Waals surface area contributed by atoms with E-state index >= 15 is 0 Å². The number of hydrogen-bond acceptors (Lipinski definition) is 1. The Bertz CT molecular complexity index is 729. The number of nitrogens with zero attached hydrogens (tertiary/aromatic N) is 1. The van der Waals surface area contributed by atoms with Crippen molar-refractivity contribution in [3.05, 3.63) is 60.8 Å². The van der Waals surface area contributed by atoms with Crippen LogP contribution in [0.4, 0.5) is 0 Å². The first-order chi connectivity index (χ1) is 9.25. The number of aromatic nitrogens is 1. The maximum Gasteiger partial charge on any atom is 0.235 e. The Morgan fingerprint density at radius 3 is 2.42 bits per heavy atom. The molecule has 1 amide bonds. The van der Waals surface area contributed by atoms with E-state index in [1.807, 2.05) is 42.6 Å². The van der Waals surface area contributed by atoms with Crippen LogP contribution in [-0.2, 0) is 4.79 Å². The standard InChI is InChI=1S/C16H14N2O/c1-12(19)17-18-11-15(13-7-3-2-4-8-13)14-9-5-6-10-16(14)18/h2-11H,1H3,(H,17,19). The lowest BCUT2D eigenvalue weighted by Gasteiger charge is -2.03. The fraction of sp³-hybridized carbons (Fsp3) is 0.0625. The zero-order chi connectivity index (χ0) is 13.2. The lowest BCUT2D eigenvalue weighted by Crippen LogP contribution is -2.18. The van der Waals surface area contributed by atoms with Gasteiger partial charge in [-0.1, -0.05) is 48.5 Å². The molecule has 1 aromatic heterocycles. The molecule has 0 aliphatic heterocycles. The highest BCUT2D eigenvalue weighted by Crippen LogP contribution is 2.29. The molecule has 1 heterocycles. The molecule has 0 spiro atoms. The highest BCUT2D eigenvalue weighted by atomic mass is 16.2. The van der Waals surface area contributed by atoms with Crippen molar-refractivity contribution >= 4 is 16.8 Å². The van der Waals surface area contributed by atoms with Gasteiger partial charge in [-0.2, -0.15) is 0 Å². The number of hydrogen-bond donors (Lipinski definition) is 1. The zero-order valence-corrected chi connectivity index (χ0v) is 10.6. The van der Waals surface area contributed by atoms with Crippen molar-refractivity contribution in [2.75, 3.05) is 5.43 Å². The van der Waals surface area contributed by atoms with Gasteiger partial charge < -0.3 is 0 Å². The highest BCUT2D eigenvalue weighted by molar-refractivity contribution is 5.97. The van der Waals surface area contributed by atoms with Gasteiger partial charge >= 0.3 is 0 Å². The molecule has 3 nitrogen and oxygen atoms in total. The molecule has 0 aliphatic carbocycles. The van der Waals surface area contributed by atoms with E-state index in [4.69, 9.17) is 0 Å². The van der Waals surface area contributed by atoms with Crippen LogP contribution in [0.25, 0.3) is 22.0 Å². The summed E-state index contributed by atoms with van der Waals surface area (Å²) in [6.07, 6.45) is 1.96. The van der Waals surface area contributed by atoms with Crippen molar-refractivity contribution in [3.8, 4) is 11.1 Å². The van der Waals surface area contributed by atoms with E-state index in [9.17, 15) is 4.79 Å². The Morgan fingerprint density at radius 2 is 1.68 bits per heavy atom. The van der Waals surface area contributed by atoms with Gasteiger partial charge in [-0.15, -0.1) is 0 Å². The van der Waals surface area contributed by atoms with Crippen molar-refractivity contribution < 1.29 is 4.79 Å². The fourth-order valence-corrected chi connectivity index (χ4v) is 2.29. The van der Waals surface area contributed by atoms with Gasteiger partial charge in [0.25, 0.3) is 0 Å². The molecule has 0 radical (unpaired) electrons. The molecule has 1 N–H and O–H groups in total. The van der Waals surface area contributed by atoms with E-state index in [1.54, 1.807) is 4.68 Å². The minimum Gasteiger partial charge on any atom is -0.274 e. The van der Waals surface area contributed by atoms with Crippen LogP contribution in [0.2, 0.25) is 0 Å². The number of rotatable bonds is 2. The lowest BCUT2D eigenvalue weighted by molar-refractivity contribution is -0.115. The molecule has 94 valence electrons. The van der Waals surface area contributed by atoms with Gasteiger partial charge in [-0.3, -0.25) is 14.9 Å². The fourth-order valence-electron chi connectivity index (χ4n) is 2.29. The number of para-hydroxylation sites is 1. The second-order valence-electron chi connectivity index (χ2n) is 4.46. The first-order valence-corrected chi connectivity index (χ1v) is 6.19. The number of carbonyl (C=O) groups excluding carboxylic acids is 1. The molecular weight excluding hydrogens is 236 g/mol. The van der Waals surface area contributed by atoms with Crippen LogP contribution >= 0.6 is 0 Å². The third-order valence-corrected chi connectivity index (χ3v) is 3.07. The molecule has 19 heavy (non-hydrogen) atoms. The lowest BCUT2D eigenvalue weighted by atomic mass is 10.1. The van der Waals surface area contributed by atoms with Gasteiger partial charge in [0.1, 0.15) is 0 Å². The maximum atomic E-state index is 11.3. The van der Waals surface area contributed by atoms with Crippen LogP contribution in [0.5, 0.6) is 0 Å². The summed E-state index contributed by atoms with van der Waals surface area (Å²) in [5.74, 6) is -0.0830. The van der Waals surface area contributed by atoms with Gasteiger partial charge in [0.2, 0.25) is 5.91 Å². The Labute approximate surface area is 111 Å². The first kappa shape index (κ1) is 11.5. The van der Waals surface area contributed by atoms with Crippen molar-refractivity contribution in [2.45, 2.75) is 6.92 Å². The Morgan fingerprint density at radius 1 is 1.00 bits per heavy atom. The first-order valence-electron chi connectivity index (χ1n) is 6.19. The number of amides is 1. The highest BCUT2D eigenvalue weighted by Gasteiger charge is 2.09. The van der Waals surface area contributed by atoms with Crippen LogP contribution in [-0.4, -0.2) is 10.6 Å². The summed E-state index contributed by atoms with van der Waals surface area (Å²) in [7, 11) is 0. The normalized spacial score (nSPS) is 10.6. The predicted molar refractivity (Wildman–Crippen MR) is 77.4 cm³/mol. The summed E-state index contributed by atoms with van der Waals surface area (Å²) >= 11 is 0. The quantitative estimate of drug-likeness (QED) is 0.743. The van der Waals surface area contributed by atoms with Gasteiger partial charge in [0.05, 0.1) is 5.52 Å². The molecule has 0 aliphatic rings. The molecule has 3 heteroatoms. The van der Waals surface area contributed by atoms with Crippen molar-refractivity contribution in [2.24, 2.45) is 0 Å². The average molecular weight is 250 g/mol. The molecule has 0 atom stereocenters. The van der Waals surface area contributed by atoms with Crippen molar-refractivity contribution in [1.82, 2.24) is 4.68 Å². The largest absolute Gasteiger partial charge is 0.274 e. The summed E-state index contributed by atoms with van der Waals surface area (Å²) < 4.78 is 1.78. The van der Waals surface area contributed by atoms with Crippen LogP contribution in [0.1, 0.15) is 6.92 Å². The monoisotopic (exact) mass is 250 g/mol. The summed E-state index contributed by atoms with van der Waals surface area (Å²) in [5, 5.41) is 1.13. The Balaban J connectivity index is 2.23. The van der Waals surface area contributed by atoms with E-state index in [-0.39, 0.29) is 5.91 Å². The number of benzene rings is 2. The Kier molecular flexibility index (Phi) is 2.80. The molecule has 3 aromatic rings. The molecule has 0 bridgehead atoms. The molecular formula is C16H14N2O. The van der Waals surface area contributed by atoms with Gasteiger partial charge in [0, 0.05) is 24.1 Å². The number of fused-ring (bicyclic) bond motifs is 1. The van der Waals surface area contributed by atoms with E-state index in [1.165, 1.54) is 6.92 Å². The molecule has 0 fully saturated rings. The summed E-state index contributed by atoms with van der Waals surface area (Å²) in [4.78, 5) is 11.3. The molecule has 0 saturated heterocycles. The van der Waals surface area contributed by atoms with Gasteiger partial charge in [-0.25, -0.2) is 0 Å². The summed E-state index contributed by atoms with van der Waals surface area (Å²) in [5.41, 5.74) is 6.07. The smallest absolute Gasteiger partial charge is 0.235 e. The van der Waals surface area contributed by atoms with Crippen LogP contribution in [0.15, 0.2) is 60.8 Å². The summed E-state index contributed by atoms with van der Waals surface area (Å²) in [6, 6.07) is 18.2. The number of carbonyl (C=O) groups is 1. The van der Waals surface area contributed by atoms with Gasteiger partial charge in [-0.05, 0) is 11.6 Å². The van der Waals surface area contributed by atoms with Crippen LogP contribution in [0, 0.1) is 0 Å². The Hall–Kier alpha value is -2.55. The number of nitrogens with one attached hydrogen (secondary N) is 1. The predicted octanol–water partition coefficient (Wildman–Crippen LogP) is 3.40. The van der Waals surface area contributed by atoms with Crippen LogP contribution < -0.4 is 5.43 Å². The third kappa shape index (κ3) is 2.10. The van der Waals surface area contributed by atoms with E-state index in [0.29, 0.717) is 0 Å². The topological polar surface area (TPSA) is 34.0 Å². The van der Waals surface area contributed by atoms with E-state index in [0.717, 1.165) is 22.0 Å². The van der Waals surface area contributed by atoms with E-state index < -0.39 is 0 Å². The van der Waals surface area contributed by atoms with E-state index in [2.05, 4.69) is 23.6 Å². The SMILES string of the molecule is CC(=O)Nn1cc(-c2ccccc2)c2ccccc21. The third-order valence-electron chi connectivity index (χ3n) is 3.07. The average Bonchev–Trinajstić information content (AvgIpc) is 2.78. The second-order valence-corrected chi connectivity index (χ2v) is 4.46. The minimum atomic E-state index is -0.0830. The van der Waals surface area contributed by atoms with Crippen molar-refractivity contribution in [3.63, 3.8) is 0 Å². The second kappa shape index (κ2) is 4.61. The molecule has 3 rings (SSSR count). The zero-order valence-electron chi connectivity index (χ0n) is 10.6. The summed E-state index contributed by atoms with van der Waals surface area (Å²) in [6.45, 7) is 1.51. The van der Waals surface area contributed by atoms with Crippen molar-refractivity contribution in [1.29, 1.82) is 0 Å². The maximum absolute atomic E-state index is 11.3. The van der Waals surface area contributed by atoms with Crippen LogP contribution in [0.3, 0.4) is 0 Å². The molecule has 2 aromatic carbocycles. The molecule has 0 unspecified atom stereocenters. The van der Waals surface area contributed by atoms with Gasteiger partial charge in [0.15, 0.2) is 0 Å². The molecule has 0 saturated carbocycles.